The molecule has 0 radical (unpaired) electrons. The largest absolute Gasteiger partial charge is 0.256 e. The van der Waals surface area contributed by atoms with Gasteiger partial charge in [-0.15, -0.1) is 0 Å². The van der Waals surface area contributed by atoms with E-state index in [9.17, 15) is 0 Å². The zero-order valence-corrected chi connectivity index (χ0v) is 33.8. The number of hydrogen-bond acceptors (Lipinski definition) is 1. The highest BCUT2D eigenvalue weighted by Gasteiger charge is 2.46. The number of hydrogen-bond donors (Lipinski definition) is 0. The van der Waals surface area contributed by atoms with Crippen molar-refractivity contribution < 1.29 is 0 Å². The quantitative estimate of drug-likeness (QED) is 0.163. The Hall–Kier alpha value is -6.57. The van der Waals surface area contributed by atoms with Gasteiger partial charge < -0.3 is 0 Å². The standard InChI is InChI=1S/C59H45N/c1-2-16-48-47(15-1)56(41-25-27-45-43-13-3-5-17-51(43)58(53(45)36-41)30-8-9-31-58)49-29-24-40(38-20-22-39(23-21-38)55-19-7-12-34-60-55)35-50(49)57(48)42-26-28-46-44-14-4-6-18-52(44)59(54(46)37-42)32-10-11-33-59/h1-7,12-29,34-37H,8-11,30-33H2. The molecule has 2 fully saturated rings. The third kappa shape index (κ3) is 4.78. The lowest BCUT2D eigenvalue weighted by molar-refractivity contribution is 0.550. The average molecular weight is 768 g/mol. The van der Waals surface area contributed by atoms with Crippen molar-refractivity contribution in [1.82, 2.24) is 4.98 Å². The van der Waals surface area contributed by atoms with Crippen LogP contribution in [0.15, 0.2) is 176 Å². The van der Waals surface area contributed by atoms with Gasteiger partial charge in [0.25, 0.3) is 0 Å². The SMILES string of the molecule is c1ccc(-c2ccc(-c3ccc4c(-c5ccc6c(c5)C5(CCCC5)c5ccccc5-6)c5ccccc5c(-c5ccc6c(c5)C5(CCCC5)c5ccccc5-6)c4c3)cc2)nc1. The van der Waals surface area contributed by atoms with Crippen LogP contribution in [0.5, 0.6) is 0 Å². The molecule has 8 aromatic carbocycles. The van der Waals surface area contributed by atoms with Gasteiger partial charge in [0, 0.05) is 22.6 Å². The van der Waals surface area contributed by atoms with Crippen molar-refractivity contribution in [3.8, 4) is 66.9 Å². The molecular formula is C59H45N. The third-order valence-electron chi connectivity index (χ3n) is 15.2. The normalized spacial score (nSPS) is 16.4. The molecule has 0 saturated heterocycles. The molecule has 1 heteroatoms. The lowest BCUT2D eigenvalue weighted by Gasteiger charge is -2.28. The van der Waals surface area contributed by atoms with Crippen LogP contribution in [0, 0.1) is 0 Å². The van der Waals surface area contributed by atoms with Crippen molar-refractivity contribution in [2.24, 2.45) is 0 Å². The number of rotatable bonds is 4. The predicted octanol–water partition coefficient (Wildman–Crippen LogP) is 15.7. The minimum atomic E-state index is 0.103. The van der Waals surface area contributed by atoms with E-state index in [2.05, 4.69) is 169 Å². The second-order valence-electron chi connectivity index (χ2n) is 18.0. The minimum absolute atomic E-state index is 0.103. The van der Waals surface area contributed by atoms with Crippen molar-refractivity contribution in [2.45, 2.75) is 62.2 Å². The highest BCUT2D eigenvalue weighted by atomic mass is 14.7. The fraction of sp³-hybridized carbons (Fsp3) is 0.169. The monoisotopic (exact) mass is 767 g/mol. The van der Waals surface area contributed by atoms with Gasteiger partial charge >= 0.3 is 0 Å². The first-order valence-electron chi connectivity index (χ1n) is 22.2. The first-order chi connectivity index (χ1) is 29.7. The Morgan fingerprint density at radius 3 is 1.33 bits per heavy atom. The molecule has 0 atom stereocenters. The zero-order valence-electron chi connectivity index (χ0n) is 33.8. The zero-order chi connectivity index (χ0) is 39.4. The van der Waals surface area contributed by atoms with Gasteiger partial charge in [0.1, 0.15) is 0 Å². The molecule has 0 unspecified atom stereocenters. The van der Waals surface area contributed by atoms with Gasteiger partial charge in [0.05, 0.1) is 5.69 Å². The van der Waals surface area contributed by atoms with Gasteiger partial charge in [0.2, 0.25) is 0 Å². The van der Waals surface area contributed by atoms with E-state index in [-0.39, 0.29) is 10.8 Å². The highest BCUT2D eigenvalue weighted by Crippen LogP contribution is 2.60. The van der Waals surface area contributed by atoms with Crippen molar-refractivity contribution in [3.05, 3.63) is 198 Å². The number of aromatic nitrogens is 1. The van der Waals surface area contributed by atoms with Crippen LogP contribution in [0.4, 0.5) is 0 Å². The average Bonchev–Trinajstić information content (AvgIpc) is 4.12. The second kappa shape index (κ2) is 13.0. The lowest BCUT2D eigenvalue weighted by Crippen LogP contribution is -2.20. The highest BCUT2D eigenvalue weighted by molar-refractivity contribution is 6.22. The van der Waals surface area contributed by atoms with Crippen molar-refractivity contribution in [1.29, 1.82) is 0 Å². The fourth-order valence-electron chi connectivity index (χ4n) is 12.6. The van der Waals surface area contributed by atoms with Crippen molar-refractivity contribution in [3.63, 3.8) is 0 Å². The molecule has 0 aliphatic heterocycles. The maximum Gasteiger partial charge on any atom is 0.0701 e. The first-order valence-corrected chi connectivity index (χ1v) is 22.2. The van der Waals surface area contributed by atoms with E-state index in [0.717, 1.165) is 11.3 Å². The summed E-state index contributed by atoms with van der Waals surface area (Å²) < 4.78 is 0. The summed E-state index contributed by atoms with van der Waals surface area (Å²) in [7, 11) is 0. The van der Waals surface area contributed by atoms with E-state index in [1.807, 2.05) is 12.3 Å². The maximum atomic E-state index is 4.63. The van der Waals surface area contributed by atoms with Gasteiger partial charge in [-0.2, -0.15) is 0 Å². The fourth-order valence-corrected chi connectivity index (χ4v) is 12.6. The molecule has 4 aliphatic carbocycles. The maximum absolute atomic E-state index is 4.63. The molecule has 1 heterocycles. The van der Waals surface area contributed by atoms with Gasteiger partial charge in [-0.05, 0) is 155 Å². The van der Waals surface area contributed by atoms with E-state index < -0.39 is 0 Å². The Kier molecular flexibility index (Phi) is 7.41. The van der Waals surface area contributed by atoms with Crippen LogP contribution in [-0.2, 0) is 10.8 Å². The summed E-state index contributed by atoms with van der Waals surface area (Å²) in [5, 5.41) is 5.26. The van der Waals surface area contributed by atoms with Gasteiger partial charge in [-0.3, -0.25) is 4.98 Å². The van der Waals surface area contributed by atoms with Gasteiger partial charge in [0.15, 0.2) is 0 Å². The molecule has 0 N–H and O–H groups in total. The summed E-state index contributed by atoms with van der Waals surface area (Å²) in [6, 6.07) is 65.1. The van der Waals surface area contributed by atoms with Crippen molar-refractivity contribution >= 4 is 21.5 Å². The molecule has 286 valence electrons. The predicted molar refractivity (Wildman–Crippen MR) is 250 cm³/mol. The van der Waals surface area contributed by atoms with E-state index in [4.69, 9.17) is 0 Å². The molecule has 13 rings (SSSR count). The van der Waals surface area contributed by atoms with Crippen LogP contribution in [-0.4, -0.2) is 4.98 Å². The van der Waals surface area contributed by atoms with E-state index in [1.54, 1.807) is 0 Å². The summed E-state index contributed by atoms with van der Waals surface area (Å²) >= 11 is 0. The third-order valence-corrected chi connectivity index (χ3v) is 15.2. The van der Waals surface area contributed by atoms with Crippen LogP contribution < -0.4 is 0 Å². The molecule has 0 bridgehead atoms. The number of nitrogens with zero attached hydrogens (tertiary/aromatic N) is 1. The minimum Gasteiger partial charge on any atom is -0.256 e. The van der Waals surface area contributed by atoms with E-state index in [1.165, 1.54) is 151 Å². The van der Waals surface area contributed by atoms with Crippen LogP contribution in [0.25, 0.3) is 88.4 Å². The summed E-state index contributed by atoms with van der Waals surface area (Å²) in [6.07, 6.45) is 11.9. The van der Waals surface area contributed by atoms with Crippen molar-refractivity contribution in [2.75, 3.05) is 0 Å². The Labute approximate surface area is 352 Å². The molecule has 9 aromatic rings. The summed E-state index contributed by atoms with van der Waals surface area (Å²) in [6.45, 7) is 0. The Balaban J connectivity index is 1.06. The number of pyridine rings is 1. The van der Waals surface area contributed by atoms with E-state index in [0.29, 0.717) is 0 Å². The Morgan fingerprint density at radius 2 is 0.767 bits per heavy atom. The smallest absolute Gasteiger partial charge is 0.0701 e. The lowest BCUT2D eigenvalue weighted by atomic mass is 9.75. The Bertz CT molecular complexity index is 3190. The first kappa shape index (κ1) is 34.3. The number of benzene rings is 8. The van der Waals surface area contributed by atoms with Gasteiger partial charge in [-0.1, -0.05) is 165 Å². The summed E-state index contributed by atoms with van der Waals surface area (Å²) in [5.41, 5.74) is 22.0. The van der Waals surface area contributed by atoms with Gasteiger partial charge in [-0.25, -0.2) is 0 Å². The number of fused-ring (bicyclic) bond motifs is 12. The Morgan fingerprint density at radius 1 is 0.317 bits per heavy atom. The molecule has 2 spiro atoms. The van der Waals surface area contributed by atoms with E-state index >= 15 is 0 Å². The molecule has 2 saturated carbocycles. The molecule has 4 aliphatic rings. The molecule has 1 nitrogen and oxygen atoms in total. The molecular weight excluding hydrogens is 723 g/mol. The van der Waals surface area contributed by atoms with Crippen LogP contribution in [0.1, 0.15) is 73.6 Å². The second-order valence-corrected chi connectivity index (χ2v) is 18.0. The topological polar surface area (TPSA) is 12.9 Å². The van der Waals surface area contributed by atoms with Crippen LogP contribution in [0.3, 0.4) is 0 Å². The van der Waals surface area contributed by atoms with Crippen LogP contribution in [0.2, 0.25) is 0 Å². The molecule has 60 heavy (non-hydrogen) atoms. The van der Waals surface area contributed by atoms with Crippen LogP contribution >= 0.6 is 0 Å². The molecule has 1 aromatic heterocycles. The summed E-state index contributed by atoms with van der Waals surface area (Å²) in [4.78, 5) is 4.63. The molecule has 0 amide bonds. The summed E-state index contributed by atoms with van der Waals surface area (Å²) in [5.74, 6) is 0.